The van der Waals surface area contributed by atoms with E-state index in [1.165, 1.54) is 4.90 Å². The lowest BCUT2D eigenvalue weighted by Crippen LogP contribution is -2.52. The van der Waals surface area contributed by atoms with Crippen LogP contribution >= 0.6 is 27.5 Å². The predicted octanol–water partition coefficient (Wildman–Crippen LogP) is 3.81. The third-order valence-electron chi connectivity index (χ3n) is 4.64. The van der Waals surface area contributed by atoms with E-state index in [1.807, 2.05) is 13.8 Å². The maximum absolute atomic E-state index is 13.4. The van der Waals surface area contributed by atoms with Gasteiger partial charge in [-0.25, -0.2) is 8.42 Å². The second-order valence-corrected chi connectivity index (χ2v) is 10.9. The standard InChI is InChI=1S/C22H27BrClN3O4S/c1-15(2)25-22(29)16(3)26(13-17-8-7-9-18(24)12-17)21(28)14-27(32(4,30)31)20-11-6-5-10-19(20)23/h5-12,15-16H,13-14H2,1-4H3,(H,25,29). The van der Waals surface area contributed by atoms with Crippen LogP contribution in [0.25, 0.3) is 0 Å². The molecular formula is C22H27BrClN3O4S. The van der Waals surface area contributed by atoms with Gasteiger partial charge >= 0.3 is 0 Å². The van der Waals surface area contributed by atoms with Crippen molar-refractivity contribution in [1.82, 2.24) is 10.2 Å². The molecule has 0 heterocycles. The number of rotatable bonds is 9. The normalized spacial score (nSPS) is 12.3. The summed E-state index contributed by atoms with van der Waals surface area (Å²) in [7, 11) is -3.78. The third kappa shape index (κ3) is 7.21. The Morgan fingerprint density at radius 2 is 1.75 bits per heavy atom. The summed E-state index contributed by atoms with van der Waals surface area (Å²) in [6.07, 6.45) is 1.04. The largest absolute Gasteiger partial charge is 0.352 e. The average molecular weight is 545 g/mol. The summed E-state index contributed by atoms with van der Waals surface area (Å²) in [5.41, 5.74) is 1.06. The lowest BCUT2D eigenvalue weighted by Gasteiger charge is -2.32. The number of carbonyl (C=O) groups is 2. The maximum Gasteiger partial charge on any atom is 0.244 e. The molecule has 0 aliphatic heterocycles. The molecule has 2 rings (SSSR count). The fraction of sp³-hybridized carbons (Fsp3) is 0.364. The first-order valence-corrected chi connectivity index (χ1v) is 13.0. The summed E-state index contributed by atoms with van der Waals surface area (Å²) in [5.74, 6) is -0.847. The van der Waals surface area contributed by atoms with Gasteiger partial charge in [-0.3, -0.25) is 13.9 Å². The fourth-order valence-corrected chi connectivity index (χ4v) is 4.76. The number of amides is 2. The Hall–Kier alpha value is -2.10. The number of nitrogens with one attached hydrogen (secondary N) is 1. The van der Waals surface area contributed by atoms with Gasteiger partial charge in [-0.15, -0.1) is 0 Å². The Bertz CT molecular complexity index is 1080. The lowest BCUT2D eigenvalue weighted by atomic mass is 10.1. The van der Waals surface area contributed by atoms with Crippen LogP contribution in [-0.2, 0) is 26.2 Å². The highest BCUT2D eigenvalue weighted by Crippen LogP contribution is 2.28. The van der Waals surface area contributed by atoms with Crippen LogP contribution in [-0.4, -0.2) is 50.0 Å². The third-order valence-corrected chi connectivity index (χ3v) is 6.67. The summed E-state index contributed by atoms with van der Waals surface area (Å²) in [6.45, 7) is 4.91. The van der Waals surface area contributed by atoms with E-state index in [2.05, 4.69) is 21.2 Å². The molecule has 32 heavy (non-hydrogen) atoms. The molecule has 0 aliphatic rings. The van der Waals surface area contributed by atoms with Crippen molar-refractivity contribution in [3.63, 3.8) is 0 Å². The zero-order chi connectivity index (χ0) is 24.1. The Morgan fingerprint density at radius 1 is 1.09 bits per heavy atom. The van der Waals surface area contributed by atoms with Gasteiger partial charge in [0.15, 0.2) is 0 Å². The van der Waals surface area contributed by atoms with Gasteiger partial charge in [0.2, 0.25) is 21.8 Å². The van der Waals surface area contributed by atoms with E-state index < -0.39 is 28.5 Å². The first-order chi connectivity index (χ1) is 14.9. The minimum absolute atomic E-state index is 0.0969. The highest BCUT2D eigenvalue weighted by atomic mass is 79.9. The maximum atomic E-state index is 13.4. The SMILES string of the molecule is CC(C)NC(=O)C(C)N(Cc1cccc(Cl)c1)C(=O)CN(c1ccccc1Br)S(C)(=O)=O. The summed E-state index contributed by atoms with van der Waals surface area (Å²) in [5, 5.41) is 3.30. The van der Waals surface area contributed by atoms with E-state index in [1.54, 1.807) is 55.5 Å². The van der Waals surface area contributed by atoms with Crippen molar-refractivity contribution in [2.24, 2.45) is 0 Å². The number of hydrogen-bond acceptors (Lipinski definition) is 4. The molecule has 7 nitrogen and oxygen atoms in total. The molecule has 1 N–H and O–H groups in total. The van der Waals surface area contributed by atoms with Gasteiger partial charge in [0.1, 0.15) is 12.6 Å². The topological polar surface area (TPSA) is 86.8 Å². The van der Waals surface area contributed by atoms with Crippen LogP contribution in [0.15, 0.2) is 53.0 Å². The van der Waals surface area contributed by atoms with Crippen LogP contribution in [0.5, 0.6) is 0 Å². The molecule has 0 spiro atoms. The van der Waals surface area contributed by atoms with Crippen LogP contribution in [0.1, 0.15) is 26.3 Å². The molecule has 0 saturated carbocycles. The number of carbonyl (C=O) groups excluding carboxylic acids is 2. The van der Waals surface area contributed by atoms with Crippen molar-refractivity contribution in [1.29, 1.82) is 0 Å². The Balaban J connectivity index is 2.40. The number of halogens is 2. The van der Waals surface area contributed by atoms with E-state index in [0.29, 0.717) is 15.2 Å². The molecule has 0 radical (unpaired) electrons. The van der Waals surface area contributed by atoms with E-state index in [-0.39, 0.29) is 18.5 Å². The highest BCUT2D eigenvalue weighted by Gasteiger charge is 2.30. The van der Waals surface area contributed by atoms with E-state index in [9.17, 15) is 18.0 Å². The summed E-state index contributed by atoms with van der Waals surface area (Å²) >= 11 is 9.43. The minimum atomic E-state index is -3.78. The van der Waals surface area contributed by atoms with E-state index in [4.69, 9.17) is 11.6 Å². The second-order valence-electron chi connectivity index (χ2n) is 7.71. The van der Waals surface area contributed by atoms with Crippen LogP contribution in [0, 0.1) is 0 Å². The predicted molar refractivity (Wildman–Crippen MR) is 131 cm³/mol. The van der Waals surface area contributed by atoms with Crippen LogP contribution in [0.4, 0.5) is 5.69 Å². The first-order valence-electron chi connectivity index (χ1n) is 9.96. The van der Waals surface area contributed by atoms with Gasteiger partial charge in [-0.05, 0) is 66.5 Å². The summed E-state index contributed by atoms with van der Waals surface area (Å²) < 4.78 is 26.6. The molecule has 0 aromatic heterocycles. The zero-order valence-corrected chi connectivity index (χ0v) is 21.5. The second kappa shape index (κ2) is 11.2. The molecule has 0 saturated heterocycles. The Labute approximate surface area is 202 Å². The Kier molecular flexibility index (Phi) is 9.12. The minimum Gasteiger partial charge on any atom is -0.352 e. The van der Waals surface area contributed by atoms with Gasteiger partial charge in [0.05, 0.1) is 11.9 Å². The highest BCUT2D eigenvalue weighted by molar-refractivity contribution is 9.10. The van der Waals surface area contributed by atoms with Gasteiger partial charge in [0.25, 0.3) is 0 Å². The van der Waals surface area contributed by atoms with Gasteiger partial charge in [0, 0.05) is 22.1 Å². The number of para-hydroxylation sites is 1. The average Bonchev–Trinajstić information content (AvgIpc) is 2.69. The molecule has 2 aromatic rings. The molecule has 1 atom stereocenters. The molecule has 0 aliphatic carbocycles. The van der Waals surface area contributed by atoms with Crippen LogP contribution < -0.4 is 9.62 Å². The molecule has 0 bridgehead atoms. The first kappa shape index (κ1) is 26.2. The molecule has 0 fully saturated rings. The number of hydrogen-bond donors (Lipinski definition) is 1. The molecular weight excluding hydrogens is 518 g/mol. The van der Waals surface area contributed by atoms with E-state index >= 15 is 0 Å². The van der Waals surface area contributed by atoms with Crippen molar-refractivity contribution in [2.45, 2.75) is 39.4 Å². The summed E-state index contributed by atoms with van der Waals surface area (Å²) in [6, 6.07) is 12.8. The van der Waals surface area contributed by atoms with Crippen molar-refractivity contribution < 1.29 is 18.0 Å². The van der Waals surface area contributed by atoms with Crippen LogP contribution in [0.3, 0.4) is 0 Å². The quantitative estimate of drug-likeness (QED) is 0.520. The van der Waals surface area contributed by atoms with Crippen molar-refractivity contribution in [2.75, 3.05) is 17.1 Å². The fourth-order valence-electron chi connectivity index (χ4n) is 3.07. The van der Waals surface area contributed by atoms with Crippen LogP contribution in [0.2, 0.25) is 5.02 Å². The number of sulfonamides is 1. The molecule has 2 amide bonds. The summed E-state index contributed by atoms with van der Waals surface area (Å²) in [4.78, 5) is 27.4. The number of nitrogens with zero attached hydrogens (tertiary/aromatic N) is 2. The van der Waals surface area contributed by atoms with E-state index in [0.717, 1.165) is 16.1 Å². The lowest BCUT2D eigenvalue weighted by molar-refractivity contribution is -0.139. The molecule has 2 aromatic carbocycles. The van der Waals surface area contributed by atoms with Crippen molar-refractivity contribution >= 4 is 55.1 Å². The monoisotopic (exact) mass is 543 g/mol. The number of benzene rings is 2. The molecule has 1 unspecified atom stereocenters. The zero-order valence-electron chi connectivity index (χ0n) is 18.4. The van der Waals surface area contributed by atoms with Crippen molar-refractivity contribution in [3.8, 4) is 0 Å². The molecule has 174 valence electrons. The Morgan fingerprint density at radius 3 is 2.31 bits per heavy atom. The number of anilines is 1. The van der Waals surface area contributed by atoms with Gasteiger partial charge < -0.3 is 10.2 Å². The smallest absolute Gasteiger partial charge is 0.244 e. The van der Waals surface area contributed by atoms with Crippen molar-refractivity contribution in [3.05, 3.63) is 63.6 Å². The molecule has 10 heteroatoms. The van der Waals surface area contributed by atoms with Gasteiger partial charge in [-0.2, -0.15) is 0 Å². The van der Waals surface area contributed by atoms with Gasteiger partial charge in [-0.1, -0.05) is 35.9 Å².